The second-order valence-electron chi connectivity index (χ2n) is 6.47. The van der Waals surface area contributed by atoms with Crippen LogP contribution >= 0.6 is 0 Å². The molecule has 0 atom stereocenters. The Bertz CT molecular complexity index is 746. The number of benzene rings is 2. The number of hydrogen-bond acceptors (Lipinski definition) is 3. The van der Waals surface area contributed by atoms with Gasteiger partial charge in [0.15, 0.2) is 0 Å². The Morgan fingerprint density at radius 2 is 1.44 bits per heavy atom. The Morgan fingerprint density at radius 1 is 0.880 bits per heavy atom. The summed E-state index contributed by atoms with van der Waals surface area (Å²) < 4.78 is 0. The molecule has 3 rings (SSSR count). The Morgan fingerprint density at radius 3 is 2.00 bits per heavy atom. The highest BCUT2D eigenvalue weighted by Crippen LogP contribution is 2.17. The van der Waals surface area contributed by atoms with E-state index in [1.54, 1.807) is 24.3 Å². The normalized spacial score (nSPS) is 13.6. The van der Waals surface area contributed by atoms with E-state index < -0.39 is 0 Å². The van der Waals surface area contributed by atoms with Gasteiger partial charge in [0.2, 0.25) is 0 Å². The first-order valence-corrected chi connectivity index (χ1v) is 8.53. The Labute approximate surface area is 148 Å². The summed E-state index contributed by atoms with van der Waals surface area (Å²) in [5, 5.41) is 2.88. The first-order chi connectivity index (χ1) is 12.0. The van der Waals surface area contributed by atoms with Gasteiger partial charge in [-0.05, 0) is 61.4 Å². The van der Waals surface area contributed by atoms with E-state index in [0.717, 1.165) is 37.3 Å². The highest BCUT2D eigenvalue weighted by molar-refractivity contribution is 6.05. The van der Waals surface area contributed by atoms with E-state index in [4.69, 9.17) is 0 Å². The second-order valence-corrected chi connectivity index (χ2v) is 6.47. The van der Waals surface area contributed by atoms with E-state index in [1.807, 2.05) is 48.2 Å². The van der Waals surface area contributed by atoms with Crippen molar-refractivity contribution in [2.75, 3.05) is 37.4 Å². The van der Waals surface area contributed by atoms with E-state index in [2.05, 4.69) is 5.32 Å². The Balaban J connectivity index is 1.65. The summed E-state index contributed by atoms with van der Waals surface area (Å²) >= 11 is 0. The first-order valence-electron chi connectivity index (χ1n) is 8.53. The molecule has 1 N–H and O–H groups in total. The molecule has 0 unspecified atom stereocenters. The third kappa shape index (κ3) is 3.99. The summed E-state index contributed by atoms with van der Waals surface area (Å²) in [6, 6.07) is 14.5. The monoisotopic (exact) mass is 337 g/mol. The van der Waals surface area contributed by atoms with Crippen LogP contribution in [-0.4, -0.2) is 43.9 Å². The van der Waals surface area contributed by atoms with Crippen molar-refractivity contribution in [2.24, 2.45) is 0 Å². The van der Waals surface area contributed by atoms with Crippen molar-refractivity contribution in [3.05, 3.63) is 59.7 Å². The zero-order chi connectivity index (χ0) is 17.8. The molecule has 25 heavy (non-hydrogen) atoms. The largest absolute Gasteiger partial charge is 0.378 e. The van der Waals surface area contributed by atoms with Crippen LogP contribution in [0.3, 0.4) is 0 Å². The zero-order valence-electron chi connectivity index (χ0n) is 14.7. The minimum atomic E-state index is -0.183. The van der Waals surface area contributed by atoms with Gasteiger partial charge in [-0.3, -0.25) is 9.59 Å². The summed E-state index contributed by atoms with van der Waals surface area (Å²) in [5.41, 5.74) is 2.99. The first kappa shape index (κ1) is 17.0. The van der Waals surface area contributed by atoms with Crippen LogP contribution in [0.25, 0.3) is 0 Å². The lowest BCUT2D eigenvalue weighted by Crippen LogP contribution is -2.27. The fourth-order valence-electron chi connectivity index (χ4n) is 2.91. The van der Waals surface area contributed by atoms with Crippen LogP contribution in [-0.2, 0) is 0 Å². The fourth-order valence-corrected chi connectivity index (χ4v) is 2.91. The molecule has 0 aliphatic carbocycles. The topological polar surface area (TPSA) is 52.7 Å². The van der Waals surface area contributed by atoms with E-state index in [-0.39, 0.29) is 11.8 Å². The summed E-state index contributed by atoms with van der Waals surface area (Å²) in [6.45, 7) is 1.65. The van der Waals surface area contributed by atoms with Gasteiger partial charge in [-0.1, -0.05) is 0 Å². The maximum absolute atomic E-state index is 12.4. The molecule has 1 heterocycles. The van der Waals surface area contributed by atoms with Crippen LogP contribution in [0.1, 0.15) is 33.6 Å². The molecule has 0 aromatic heterocycles. The minimum Gasteiger partial charge on any atom is -0.378 e. The predicted molar refractivity (Wildman–Crippen MR) is 100 cm³/mol. The predicted octanol–water partition coefficient (Wildman–Crippen LogP) is 3.24. The smallest absolute Gasteiger partial charge is 0.255 e. The van der Waals surface area contributed by atoms with Crippen LogP contribution in [0, 0.1) is 0 Å². The highest BCUT2D eigenvalue weighted by atomic mass is 16.2. The minimum absolute atomic E-state index is 0.0451. The van der Waals surface area contributed by atoms with Crippen molar-refractivity contribution in [1.82, 2.24) is 4.90 Å². The zero-order valence-corrected chi connectivity index (χ0v) is 14.7. The third-order valence-corrected chi connectivity index (χ3v) is 4.43. The number of carbonyl (C=O) groups excluding carboxylic acids is 2. The standard InChI is InChI=1S/C20H23N3O2/c1-22(2)18-11-9-17(10-12-18)21-19(24)15-5-7-16(8-6-15)20(25)23-13-3-4-14-23/h5-12H,3-4,13-14H2,1-2H3,(H,21,24). The van der Waals surface area contributed by atoms with Crippen molar-refractivity contribution in [3.63, 3.8) is 0 Å². The molecule has 5 nitrogen and oxygen atoms in total. The fraction of sp³-hybridized carbons (Fsp3) is 0.300. The SMILES string of the molecule is CN(C)c1ccc(NC(=O)c2ccc(C(=O)N3CCCC3)cc2)cc1. The number of rotatable bonds is 4. The third-order valence-electron chi connectivity index (χ3n) is 4.43. The maximum atomic E-state index is 12.4. The van der Waals surface area contributed by atoms with Gasteiger partial charge >= 0.3 is 0 Å². The van der Waals surface area contributed by atoms with E-state index in [9.17, 15) is 9.59 Å². The molecule has 2 aromatic carbocycles. The van der Waals surface area contributed by atoms with Gasteiger partial charge in [0.25, 0.3) is 11.8 Å². The van der Waals surface area contributed by atoms with E-state index >= 15 is 0 Å². The van der Waals surface area contributed by atoms with Crippen molar-refractivity contribution in [1.29, 1.82) is 0 Å². The van der Waals surface area contributed by atoms with Crippen LogP contribution in [0.2, 0.25) is 0 Å². The van der Waals surface area contributed by atoms with Gasteiger partial charge in [0.1, 0.15) is 0 Å². The number of hydrogen-bond donors (Lipinski definition) is 1. The molecular formula is C20H23N3O2. The van der Waals surface area contributed by atoms with Gasteiger partial charge in [0.05, 0.1) is 0 Å². The average Bonchev–Trinajstić information content (AvgIpc) is 3.16. The van der Waals surface area contributed by atoms with Gasteiger partial charge in [-0.2, -0.15) is 0 Å². The lowest BCUT2D eigenvalue weighted by atomic mass is 10.1. The van der Waals surface area contributed by atoms with Crippen LogP contribution in [0.15, 0.2) is 48.5 Å². The van der Waals surface area contributed by atoms with Gasteiger partial charge in [-0.15, -0.1) is 0 Å². The van der Waals surface area contributed by atoms with Crippen molar-refractivity contribution in [3.8, 4) is 0 Å². The van der Waals surface area contributed by atoms with Gasteiger partial charge in [0, 0.05) is 49.7 Å². The Hall–Kier alpha value is -2.82. The number of nitrogens with one attached hydrogen (secondary N) is 1. The number of carbonyl (C=O) groups is 2. The molecule has 5 heteroatoms. The van der Waals surface area contributed by atoms with E-state index in [1.165, 1.54) is 0 Å². The number of amides is 2. The molecule has 1 saturated heterocycles. The highest BCUT2D eigenvalue weighted by Gasteiger charge is 2.19. The summed E-state index contributed by atoms with van der Waals surface area (Å²) in [6.07, 6.45) is 2.14. The lowest BCUT2D eigenvalue weighted by molar-refractivity contribution is 0.0792. The molecule has 0 bridgehead atoms. The van der Waals surface area contributed by atoms with Crippen molar-refractivity contribution in [2.45, 2.75) is 12.8 Å². The Kier molecular flexibility index (Phi) is 5.03. The van der Waals surface area contributed by atoms with Crippen molar-refractivity contribution < 1.29 is 9.59 Å². The molecule has 2 amide bonds. The summed E-state index contributed by atoms with van der Waals surface area (Å²) in [5.74, 6) is -0.137. The molecule has 0 radical (unpaired) electrons. The molecule has 2 aromatic rings. The molecule has 1 aliphatic heterocycles. The molecule has 1 aliphatic rings. The lowest BCUT2D eigenvalue weighted by Gasteiger charge is -2.15. The van der Waals surface area contributed by atoms with Crippen LogP contribution < -0.4 is 10.2 Å². The molecule has 1 fully saturated rings. The number of nitrogens with zero attached hydrogens (tertiary/aromatic N) is 2. The molecular weight excluding hydrogens is 314 g/mol. The van der Waals surface area contributed by atoms with E-state index in [0.29, 0.717) is 11.1 Å². The molecule has 0 saturated carbocycles. The molecule has 0 spiro atoms. The van der Waals surface area contributed by atoms with Crippen LogP contribution in [0.4, 0.5) is 11.4 Å². The number of anilines is 2. The average molecular weight is 337 g/mol. The quantitative estimate of drug-likeness (QED) is 0.932. The summed E-state index contributed by atoms with van der Waals surface area (Å²) in [4.78, 5) is 28.5. The maximum Gasteiger partial charge on any atom is 0.255 e. The van der Waals surface area contributed by atoms with Gasteiger partial charge < -0.3 is 15.1 Å². The summed E-state index contributed by atoms with van der Waals surface area (Å²) in [7, 11) is 3.94. The van der Waals surface area contributed by atoms with Crippen molar-refractivity contribution >= 4 is 23.2 Å². The molecule has 130 valence electrons. The van der Waals surface area contributed by atoms with Gasteiger partial charge in [-0.25, -0.2) is 0 Å². The second kappa shape index (κ2) is 7.38. The van der Waals surface area contributed by atoms with Crippen LogP contribution in [0.5, 0.6) is 0 Å². The number of likely N-dealkylation sites (tertiary alicyclic amines) is 1.